The standard InChI is InChI=1S/C12H9ClF3NO3/c13-5-1-2-9(8(3-5)12(14,15)16)17-10(18)6-4-7(6)11(19)20/h1-3,6-7H,4H2,(H,17,18)(H,19,20). The molecule has 1 aromatic rings. The Balaban J connectivity index is 2.18. The highest BCUT2D eigenvalue weighted by molar-refractivity contribution is 6.30. The highest BCUT2D eigenvalue weighted by atomic mass is 35.5. The summed E-state index contributed by atoms with van der Waals surface area (Å²) < 4.78 is 38.4. The third-order valence-corrected chi connectivity index (χ3v) is 3.22. The van der Waals surface area contributed by atoms with Crippen molar-refractivity contribution in [2.75, 3.05) is 5.32 Å². The maximum Gasteiger partial charge on any atom is 0.418 e. The predicted molar refractivity (Wildman–Crippen MR) is 64.3 cm³/mol. The van der Waals surface area contributed by atoms with Gasteiger partial charge in [-0.2, -0.15) is 13.2 Å². The lowest BCUT2D eigenvalue weighted by atomic mass is 10.1. The summed E-state index contributed by atoms with van der Waals surface area (Å²) in [5.74, 6) is -3.47. The molecule has 108 valence electrons. The molecule has 4 nitrogen and oxygen atoms in total. The molecule has 2 atom stereocenters. The molecule has 8 heteroatoms. The van der Waals surface area contributed by atoms with Crippen LogP contribution in [0.5, 0.6) is 0 Å². The molecule has 0 bridgehead atoms. The number of carbonyl (C=O) groups excluding carboxylic acids is 1. The maximum atomic E-state index is 12.8. The first kappa shape index (κ1) is 14.6. The quantitative estimate of drug-likeness (QED) is 0.902. The molecule has 2 unspecified atom stereocenters. The number of benzene rings is 1. The second kappa shape index (κ2) is 4.97. The molecule has 2 N–H and O–H groups in total. The van der Waals surface area contributed by atoms with E-state index in [-0.39, 0.29) is 11.4 Å². The topological polar surface area (TPSA) is 66.4 Å². The van der Waals surface area contributed by atoms with Crippen LogP contribution in [0.15, 0.2) is 18.2 Å². The first-order valence-corrected chi connectivity index (χ1v) is 5.98. The van der Waals surface area contributed by atoms with E-state index >= 15 is 0 Å². The normalized spacial score (nSPS) is 21.4. The fraction of sp³-hybridized carbons (Fsp3) is 0.333. The van der Waals surface area contributed by atoms with Gasteiger partial charge in [0, 0.05) is 5.02 Å². The lowest BCUT2D eigenvalue weighted by Crippen LogP contribution is -2.19. The number of carboxylic acid groups (broad SMARTS) is 1. The summed E-state index contributed by atoms with van der Waals surface area (Å²) in [6.45, 7) is 0. The lowest BCUT2D eigenvalue weighted by Gasteiger charge is -2.14. The van der Waals surface area contributed by atoms with Gasteiger partial charge in [0.2, 0.25) is 5.91 Å². The minimum absolute atomic E-state index is 0.106. The summed E-state index contributed by atoms with van der Waals surface area (Å²) in [6, 6.07) is 2.97. The Morgan fingerprint density at radius 1 is 1.30 bits per heavy atom. The van der Waals surface area contributed by atoms with E-state index in [0.717, 1.165) is 6.07 Å². The van der Waals surface area contributed by atoms with Gasteiger partial charge < -0.3 is 10.4 Å². The number of aliphatic carboxylic acids is 1. The number of carbonyl (C=O) groups is 2. The van der Waals surface area contributed by atoms with Gasteiger partial charge in [-0.3, -0.25) is 9.59 Å². The van der Waals surface area contributed by atoms with Gasteiger partial charge in [-0.05, 0) is 24.6 Å². The van der Waals surface area contributed by atoms with E-state index in [9.17, 15) is 22.8 Å². The van der Waals surface area contributed by atoms with Gasteiger partial charge in [0.1, 0.15) is 0 Å². The average Bonchev–Trinajstić information content (AvgIpc) is 3.10. The summed E-state index contributed by atoms with van der Waals surface area (Å²) in [7, 11) is 0. The Hall–Kier alpha value is -1.76. The third-order valence-electron chi connectivity index (χ3n) is 2.99. The number of nitrogens with one attached hydrogen (secondary N) is 1. The molecule has 1 aliphatic rings. The van der Waals surface area contributed by atoms with Crippen LogP contribution in [0.25, 0.3) is 0 Å². The highest BCUT2D eigenvalue weighted by Gasteiger charge is 2.48. The van der Waals surface area contributed by atoms with Crippen molar-refractivity contribution in [3.05, 3.63) is 28.8 Å². The van der Waals surface area contributed by atoms with E-state index in [1.165, 1.54) is 6.07 Å². The zero-order valence-corrected chi connectivity index (χ0v) is 10.6. The molecule has 1 aromatic carbocycles. The van der Waals surface area contributed by atoms with Gasteiger partial charge in [0.15, 0.2) is 0 Å². The van der Waals surface area contributed by atoms with Crippen LogP contribution in [0.1, 0.15) is 12.0 Å². The maximum absolute atomic E-state index is 12.8. The summed E-state index contributed by atoms with van der Waals surface area (Å²) >= 11 is 5.51. The van der Waals surface area contributed by atoms with Crippen molar-refractivity contribution in [3.8, 4) is 0 Å². The molecular weight excluding hydrogens is 299 g/mol. The van der Waals surface area contributed by atoms with E-state index < -0.39 is 41.1 Å². The number of alkyl halides is 3. The van der Waals surface area contributed by atoms with E-state index in [1.54, 1.807) is 0 Å². The number of hydrogen-bond acceptors (Lipinski definition) is 2. The molecule has 20 heavy (non-hydrogen) atoms. The summed E-state index contributed by atoms with van der Waals surface area (Å²) in [6.07, 6.45) is -4.53. The Morgan fingerprint density at radius 3 is 2.45 bits per heavy atom. The fourth-order valence-corrected chi connectivity index (χ4v) is 2.02. The van der Waals surface area contributed by atoms with Gasteiger partial charge in [0.25, 0.3) is 0 Å². The molecule has 0 aliphatic heterocycles. The second-order valence-electron chi connectivity index (χ2n) is 4.46. The fourth-order valence-electron chi connectivity index (χ4n) is 1.84. The Kier molecular flexibility index (Phi) is 3.64. The Labute approximate surface area is 116 Å². The second-order valence-corrected chi connectivity index (χ2v) is 4.90. The van der Waals surface area contributed by atoms with Crippen LogP contribution in [0.3, 0.4) is 0 Å². The van der Waals surface area contributed by atoms with Gasteiger partial charge in [-0.25, -0.2) is 0 Å². The summed E-state index contributed by atoms with van der Waals surface area (Å²) in [5.41, 5.74) is -1.49. The van der Waals surface area contributed by atoms with Crippen LogP contribution in [-0.4, -0.2) is 17.0 Å². The molecule has 1 saturated carbocycles. The smallest absolute Gasteiger partial charge is 0.418 e. The van der Waals surface area contributed by atoms with Crippen molar-refractivity contribution in [1.82, 2.24) is 0 Å². The average molecular weight is 308 g/mol. The molecule has 2 rings (SSSR count). The molecule has 0 heterocycles. The number of rotatable bonds is 3. The van der Waals surface area contributed by atoms with Crippen molar-refractivity contribution in [2.24, 2.45) is 11.8 Å². The van der Waals surface area contributed by atoms with Gasteiger partial charge in [-0.1, -0.05) is 11.6 Å². The molecule has 1 amide bonds. The predicted octanol–water partition coefficient (Wildman–Crippen LogP) is 3.02. The van der Waals surface area contributed by atoms with Crippen LogP contribution in [0, 0.1) is 11.8 Å². The van der Waals surface area contributed by atoms with Crippen LogP contribution in [-0.2, 0) is 15.8 Å². The third kappa shape index (κ3) is 3.04. The zero-order valence-electron chi connectivity index (χ0n) is 9.87. The van der Waals surface area contributed by atoms with Crippen molar-refractivity contribution < 1.29 is 27.9 Å². The van der Waals surface area contributed by atoms with Crippen molar-refractivity contribution in [3.63, 3.8) is 0 Å². The summed E-state index contributed by atoms with van der Waals surface area (Å²) in [5, 5.41) is 10.7. The van der Waals surface area contributed by atoms with Crippen LogP contribution in [0.4, 0.5) is 18.9 Å². The van der Waals surface area contributed by atoms with E-state index in [4.69, 9.17) is 16.7 Å². The number of anilines is 1. The Morgan fingerprint density at radius 2 is 1.95 bits per heavy atom. The number of carboxylic acids is 1. The van der Waals surface area contributed by atoms with Gasteiger partial charge >= 0.3 is 12.1 Å². The van der Waals surface area contributed by atoms with Crippen LogP contribution in [0.2, 0.25) is 5.02 Å². The molecule has 1 fully saturated rings. The SMILES string of the molecule is O=C(O)C1CC1C(=O)Nc1ccc(Cl)cc1C(F)(F)F. The molecule has 0 saturated heterocycles. The molecule has 1 aliphatic carbocycles. The van der Waals surface area contributed by atoms with Crippen LogP contribution >= 0.6 is 11.6 Å². The first-order chi connectivity index (χ1) is 9.20. The molecular formula is C12H9ClF3NO3. The largest absolute Gasteiger partial charge is 0.481 e. The van der Waals surface area contributed by atoms with Gasteiger partial charge in [0.05, 0.1) is 23.1 Å². The molecule has 0 aromatic heterocycles. The monoisotopic (exact) mass is 307 g/mol. The number of amides is 1. The minimum Gasteiger partial charge on any atom is -0.481 e. The minimum atomic E-state index is -4.66. The van der Waals surface area contributed by atoms with Crippen molar-refractivity contribution >= 4 is 29.2 Å². The summed E-state index contributed by atoms with van der Waals surface area (Å²) in [4.78, 5) is 22.3. The number of halogens is 4. The number of hydrogen-bond donors (Lipinski definition) is 2. The Bertz CT molecular complexity index is 574. The molecule has 0 radical (unpaired) electrons. The molecule has 0 spiro atoms. The van der Waals surface area contributed by atoms with E-state index in [0.29, 0.717) is 6.07 Å². The van der Waals surface area contributed by atoms with Crippen molar-refractivity contribution in [1.29, 1.82) is 0 Å². The first-order valence-electron chi connectivity index (χ1n) is 5.60. The van der Waals surface area contributed by atoms with Crippen LogP contribution < -0.4 is 5.32 Å². The van der Waals surface area contributed by atoms with Gasteiger partial charge in [-0.15, -0.1) is 0 Å². The highest BCUT2D eigenvalue weighted by Crippen LogP contribution is 2.41. The van der Waals surface area contributed by atoms with E-state index in [1.807, 2.05) is 0 Å². The lowest BCUT2D eigenvalue weighted by molar-refractivity contribution is -0.140. The van der Waals surface area contributed by atoms with Crippen molar-refractivity contribution in [2.45, 2.75) is 12.6 Å². The zero-order chi connectivity index (χ0) is 15.1. The van der Waals surface area contributed by atoms with E-state index in [2.05, 4.69) is 5.32 Å².